The largest absolute Gasteiger partial charge is 0.352 e. The van der Waals surface area contributed by atoms with Crippen molar-refractivity contribution in [1.82, 2.24) is 0 Å². The van der Waals surface area contributed by atoms with Gasteiger partial charge in [-0.05, 0) is 60.5 Å². The number of fused-ring (bicyclic) bond motifs is 5. The lowest BCUT2D eigenvalue weighted by molar-refractivity contribution is 0.0664. The third-order valence-electron chi connectivity index (χ3n) is 8.60. The fraction of sp³-hybridized carbons (Fsp3) is 0.147. The Morgan fingerprint density at radius 2 is 1.52 bits per heavy atom. The second kappa shape index (κ2) is 8.83. The van der Waals surface area contributed by atoms with Gasteiger partial charge >= 0.3 is 0 Å². The highest BCUT2D eigenvalue weighted by Gasteiger charge is 2.71. The Balaban J connectivity index is 1.56. The van der Waals surface area contributed by atoms with E-state index >= 15 is 4.39 Å². The molecule has 1 aliphatic carbocycles. The molecule has 2 aliphatic heterocycles. The smallest absolute Gasteiger partial charge is 0.185 e. The first-order valence-electron chi connectivity index (χ1n) is 13.1. The van der Waals surface area contributed by atoms with Crippen LogP contribution in [0, 0.1) is 18.2 Å². The minimum Gasteiger partial charge on any atom is -0.352 e. The highest BCUT2D eigenvalue weighted by atomic mass is 35.5. The first-order chi connectivity index (χ1) is 19.3. The Bertz CT molecular complexity index is 1740. The highest BCUT2D eigenvalue weighted by Crippen LogP contribution is 2.61. The van der Waals surface area contributed by atoms with E-state index in [1.165, 1.54) is 6.07 Å². The topological polar surface area (TPSA) is 54.5 Å². The van der Waals surface area contributed by atoms with Gasteiger partial charge in [-0.25, -0.2) is 4.39 Å². The van der Waals surface area contributed by atoms with Crippen molar-refractivity contribution in [3.05, 3.63) is 141 Å². The Labute approximate surface area is 235 Å². The molecule has 1 spiro atoms. The van der Waals surface area contributed by atoms with Crippen LogP contribution in [0.3, 0.4) is 0 Å². The minimum absolute atomic E-state index is 0.167. The molecule has 40 heavy (non-hydrogen) atoms. The van der Waals surface area contributed by atoms with Crippen LogP contribution in [-0.4, -0.2) is 29.4 Å². The number of halogens is 2. The molecule has 4 aromatic rings. The van der Waals surface area contributed by atoms with Gasteiger partial charge in [-0.1, -0.05) is 77.8 Å². The van der Waals surface area contributed by atoms with Gasteiger partial charge in [0.2, 0.25) is 0 Å². The summed E-state index contributed by atoms with van der Waals surface area (Å²) in [6, 6.07) is 23.4. The summed E-state index contributed by atoms with van der Waals surface area (Å²) in [6.45, 7) is 1.98. The van der Waals surface area contributed by atoms with Crippen molar-refractivity contribution in [2.45, 2.75) is 24.9 Å². The number of anilines is 1. The predicted octanol–water partition coefficient (Wildman–Crippen LogP) is 7.10. The van der Waals surface area contributed by atoms with Crippen LogP contribution < -0.4 is 4.90 Å². The summed E-state index contributed by atoms with van der Waals surface area (Å²) < 4.78 is 15.8. The average Bonchev–Trinajstić information content (AvgIpc) is 3.39. The highest BCUT2D eigenvalue weighted by molar-refractivity contribution is 6.32. The lowest BCUT2D eigenvalue weighted by atomic mass is 9.64. The van der Waals surface area contributed by atoms with Crippen LogP contribution in [0.5, 0.6) is 0 Å². The summed E-state index contributed by atoms with van der Waals surface area (Å²) in [7, 11) is 0. The molecule has 3 aliphatic rings. The van der Waals surface area contributed by atoms with Gasteiger partial charge in [0.15, 0.2) is 17.3 Å². The van der Waals surface area contributed by atoms with E-state index in [9.17, 15) is 14.4 Å². The van der Waals surface area contributed by atoms with Crippen LogP contribution >= 0.6 is 11.6 Å². The molecule has 0 radical (unpaired) electrons. The zero-order chi connectivity index (χ0) is 27.8. The fourth-order valence-electron chi connectivity index (χ4n) is 6.95. The molecule has 3 atom stereocenters. The summed E-state index contributed by atoms with van der Waals surface area (Å²) in [6.07, 6.45) is 3.74. The van der Waals surface area contributed by atoms with Crippen molar-refractivity contribution in [1.29, 1.82) is 0 Å². The van der Waals surface area contributed by atoms with Gasteiger partial charge < -0.3 is 4.90 Å². The molecular weight excluding hydrogens is 525 g/mol. The Hall–Kier alpha value is -4.35. The maximum Gasteiger partial charge on any atom is 0.185 e. The molecule has 0 N–H and O–H groups in total. The molecule has 0 amide bonds. The molecular formula is C34H23ClFNO3. The predicted molar refractivity (Wildman–Crippen MR) is 153 cm³/mol. The molecule has 0 saturated carbocycles. The third-order valence-corrected chi connectivity index (χ3v) is 8.85. The summed E-state index contributed by atoms with van der Waals surface area (Å²) in [5.41, 5.74) is 2.02. The SMILES string of the molecule is Cc1ccc2c(c1)C=CC1N2[C@H](C(=O)c2ccc(Cl)cc2)[C@@H](c2ccccc2F)C12C(=O)c1ccccc1C2=O. The van der Waals surface area contributed by atoms with Crippen molar-refractivity contribution < 1.29 is 18.8 Å². The van der Waals surface area contributed by atoms with Gasteiger partial charge in [0.1, 0.15) is 17.3 Å². The number of hydrogen-bond donors (Lipinski definition) is 0. The number of carbonyl (C=O) groups is 3. The molecule has 196 valence electrons. The van der Waals surface area contributed by atoms with E-state index in [0.29, 0.717) is 21.7 Å². The number of nitrogens with zero attached hydrogens (tertiary/aromatic N) is 1. The summed E-state index contributed by atoms with van der Waals surface area (Å²) in [4.78, 5) is 45.6. The molecule has 1 fully saturated rings. The number of benzene rings is 4. The van der Waals surface area contributed by atoms with Gasteiger partial charge in [0.25, 0.3) is 0 Å². The van der Waals surface area contributed by atoms with E-state index in [1.54, 1.807) is 66.7 Å². The molecule has 1 saturated heterocycles. The van der Waals surface area contributed by atoms with Gasteiger partial charge in [-0.15, -0.1) is 0 Å². The number of Topliss-reactive ketones (excluding diaryl/α,β-unsaturated/α-hetero) is 3. The van der Waals surface area contributed by atoms with Crippen LogP contribution in [0.2, 0.25) is 5.02 Å². The Morgan fingerprint density at radius 1 is 0.875 bits per heavy atom. The summed E-state index contributed by atoms with van der Waals surface area (Å²) in [5.74, 6) is -2.74. The molecule has 6 heteroatoms. The second-order valence-corrected chi connectivity index (χ2v) is 11.1. The van der Waals surface area contributed by atoms with Crippen molar-refractivity contribution in [2.75, 3.05) is 4.90 Å². The Kier molecular flexibility index (Phi) is 5.45. The molecule has 0 aromatic heterocycles. The van der Waals surface area contributed by atoms with Crippen molar-refractivity contribution in [3.8, 4) is 0 Å². The lowest BCUT2D eigenvalue weighted by Gasteiger charge is -2.37. The van der Waals surface area contributed by atoms with Crippen LogP contribution in [0.15, 0.2) is 97.1 Å². The summed E-state index contributed by atoms with van der Waals surface area (Å²) >= 11 is 6.13. The monoisotopic (exact) mass is 547 g/mol. The number of hydrogen-bond acceptors (Lipinski definition) is 4. The number of ketones is 3. The molecule has 1 unspecified atom stereocenters. The summed E-state index contributed by atoms with van der Waals surface area (Å²) in [5, 5.41) is 0.473. The maximum absolute atomic E-state index is 15.8. The van der Waals surface area contributed by atoms with Crippen molar-refractivity contribution in [3.63, 3.8) is 0 Å². The molecule has 4 aromatic carbocycles. The van der Waals surface area contributed by atoms with E-state index in [0.717, 1.165) is 16.8 Å². The Morgan fingerprint density at radius 3 is 2.20 bits per heavy atom. The third kappa shape index (κ3) is 3.21. The zero-order valence-electron chi connectivity index (χ0n) is 21.5. The molecule has 4 nitrogen and oxygen atoms in total. The van der Waals surface area contributed by atoms with Gasteiger partial charge in [-0.3, -0.25) is 14.4 Å². The van der Waals surface area contributed by atoms with Crippen LogP contribution in [0.25, 0.3) is 6.08 Å². The molecule has 0 bridgehead atoms. The fourth-order valence-corrected chi connectivity index (χ4v) is 7.08. The normalized spacial score (nSPS) is 21.9. The second-order valence-electron chi connectivity index (χ2n) is 10.7. The maximum atomic E-state index is 15.8. The minimum atomic E-state index is -1.74. The van der Waals surface area contributed by atoms with Gasteiger partial charge in [0, 0.05) is 33.3 Å². The van der Waals surface area contributed by atoms with Gasteiger partial charge in [-0.2, -0.15) is 0 Å². The number of aryl methyl sites for hydroxylation is 1. The van der Waals surface area contributed by atoms with Crippen LogP contribution in [0.1, 0.15) is 53.7 Å². The van der Waals surface area contributed by atoms with E-state index in [1.807, 2.05) is 42.2 Å². The zero-order valence-corrected chi connectivity index (χ0v) is 22.2. The lowest BCUT2D eigenvalue weighted by Crippen LogP contribution is -2.48. The first-order valence-corrected chi connectivity index (χ1v) is 13.5. The van der Waals surface area contributed by atoms with E-state index in [2.05, 4.69) is 0 Å². The van der Waals surface area contributed by atoms with E-state index in [4.69, 9.17) is 11.6 Å². The standard InChI is InChI=1S/C34H23ClFNO3/c1-19-10-16-27-21(18-19)13-17-28-34(32(39)23-6-2-3-7-24(23)33(34)40)29(25-8-4-5-9-26(25)36)30(37(27)28)31(38)20-11-14-22(35)15-12-20/h2-18,28-30H,1H3/t28?,29-,30+/m1/s1. The van der Waals surface area contributed by atoms with Gasteiger partial charge in [0.05, 0.1) is 6.04 Å². The van der Waals surface area contributed by atoms with Crippen molar-refractivity contribution in [2.24, 2.45) is 5.41 Å². The van der Waals surface area contributed by atoms with Crippen LogP contribution in [0.4, 0.5) is 10.1 Å². The first kappa shape index (κ1) is 24.7. The van der Waals surface area contributed by atoms with Crippen LogP contribution in [-0.2, 0) is 0 Å². The van der Waals surface area contributed by atoms with Crippen molar-refractivity contribution >= 4 is 40.7 Å². The molecule has 2 heterocycles. The number of rotatable bonds is 3. The van der Waals surface area contributed by atoms with E-state index in [-0.39, 0.29) is 22.9 Å². The average molecular weight is 548 g/mol. The quantitative estimate of drug-likeness (QED) is 0.203. The van der Waals surface area contributed by atoms with E-state index < -0.39 is 29.2 Å². The number of carbonyl (C=O) groups excluding carboxylic acids is 3. The molecule has 7 rings (SSSR count).